The van der Waals surface area contributed by atoms with E-state index in [0.717, 1.165) is 9.87 Å². The Labute approximate surface area is 195 Å². The van der Waals surface area contributed by atoms with Gasteiger partial charge in [0.05, 0.1) is 24.2 Å². The molecule has 0 radical (unpaired) electrons. The third-order valence-electron chi connectivity index (χ3n) is 5.49. The van der Waals surface area contributed by atoms with Crippen molar-refractivity contribution in [2.75, 3.05) is 24.5 Å². The molecule has 33 heavy (non-hydrogen) atoms. The predicted molar refractivity (Wildman–Crippen MR) is 128 cm³/mol. The normalized spacial score (nSPS) is 11.3. The molecule has 3 aromatic rings. The molecule has 9 heteroatoms. The number of carbonyl (C=O) groups is 1. The van der Waals surface area contributed by atoms with Crippen LogP contribution < -0.4 is 14.4 Å². The Hall–Kier alpha value is -3.33. The van der Waals surface area contributed by atoms with Crippen LogP contribution >= 0.6 is 0 Å². The Balaban J connectivity index is 1.83. The molecule has 0 saturated heterocycles. The number of benzene rings is 2. The van der Waals surface area contributed by atoms with Crippen molar-refractivity contribution < 1.29 is 17.9 Å². The van der Waals surface area contributed by atoms with Gasteiger partial charge in [0.25, 0.3) is 10.0 Å². The van der Waals surface area contributed by atoms with Crippen LogP contribution in [0, 0.1) is 20.8 Å². The van der Waals surface area contributed by atoms with Crippen molar-refractivity contribution in [1.82, 2.24) is 15.1 Å². The zero-order chi connectivity index (χ0) is 24.2. The van der Waals surface area contributed by atoms with E-state index < -0.39 is 10.0 Å². The Morgan fingerprint density at radius 2 is 1.70 bits per heavy atom. The van der Waals surface area contributed by atoms with Gasteiger partial charge < -0.3 is 10.1 Å². The maximum atomic E-state index is 13.7. The number of nitrogens with zero attached hydrogens (tertiary/aromatic N) is 3. The fourth-order valence-electron chi connectivity index (χ4n) is 3.59. The summed E-state index contributed by atoms with van der Waals surface area (Å²) in [5.41, 5.74) is 3.53. The fourth-order valence-corrected chi connectivity index (χ4v) is 5.41. The summed E-state index contributed by atoms with van der Waals surface area (Å²) in [5, 5.41) is 7.08. The van der Waals surface area contributed by atoms with Gasteiger partial charge in [0.15, 0.2) is 0 Å². The van der Waals surface area contributed by atoms with E-state index in [4.69, 9.17) is 4.74 Å². The first-order valence-electron chi connectivity index (χ1n) is 10.6. The Kier molecular flexibility index (Phi) is 7.43. The lowest BCUT2D eigenvalue weighted by Gasteiger charge is -2.24. The van der Waals surface area contributed by atoms with Crippen LogP contribution in [-0.4, -0.2) is 44.3 Å². The third kappa shape index (κ3) is 5.54. The lowest BCUT2D eigenvalue weighted by molar-refractivity contribution is -0.119. The van der Waals surface area contributed by atoms with Crippen molar-refractivity contribution in [2.24, 2.45) is 7.05 Å². The molecule has 1 heterocycles. The summed E-state index contributed by atoms with van der Waals surface area (Å²) >= 11 is 0. The third-order valence-corrected chi connectivity index (χ3v) is 7.52. The lowest BCUT2D eigenvalue weighted by atomic mass is 10.1. The molecule has 1 N–H and O–H groups in total. The molecule has 0 aliphatic carbocycles. The van der Waals surface area contributed by atoms with E-state index in [-0.39, 0.29) is 17.3 Å². The number of anilines is 1. The number of amides is 1. The Morgan fingerprint density at radius 3 is 2.24 bits per heavy atom. The number of rotatable bonds is 9. The largest absolute Gasteiger partial charge is 0.497 e. The molecule has 176 valence electrons. The molecule has 0 bridgehead atoms. The molecular formula is C24H30N4O4S. The molecular weight excluding hydrogens is 440 g/mol. The SMILES string of the molecule is COc1ccc(N(CC(=O)NCCc2ccc(C)cc2)S(=O)(=O)c2c(C)nn(C)c2C)cc1. The Morgan fingerprint density at radius 1 is 1.06 bits per heavy atom. The first-order chi connectivity index (χ1) is 15.6. The van der Waals surface area contributed by atoms with Gasteiger partial charge in [-0.15, -0.1) is 0 Å². The number of hydrogen-bond donors (Lipinski definition) is 1. The Bertz CT molecular complexity index is 1220. The maximum Gasteiger partial charge on any atom is 0.268 e. The highest BCUT2D eigenvalue weighted by molar-refractivity contribution is 7.93. The number of ether oxygens (including phenoxy) is 1. The quantitative estimate of drug-likeness (QED) is 0.519. The maximum absolute atomic E-state index is 13.7. The van der Waals surface area contributed by atoms with Crippen LogP contribution in [0.3, 0.4) is 0 Å². The van der Waals surface area contributed by atoms with E-state index in [2.05, 4.69) is 10.4 Å². The predicted octanol–water partition coefficient (Wildman–Crippen LogP) is 2.91. The number of nitrogens with one attached hydrogen (secondary N) is 1. The first-order valence-corrected chi connectivity index (χ1v) is 12.1. The van der Waals surface area contributed by atoms with Gasteiger partial charge >= 0.3 is 0 Å². The van der Waals surface area contributed by atoms with Crippen LogP contribution in [0.4, 0.5) is 5.69 Å². The number of hydrogen-bond acceptors (Lipinski definition) is 5. The van der Waals surface area contributed by atoms with Gasteiger partial charge in [0.1, 0.15) is 17.2 Å². The minimum atomic E-state index is -4.04. The van der Waals surface area contributed by atoms with Crippen molar-refractivity contribution in [3.63, 3.8) is 0 Å². The van der Waals surface area contributed by atoms with Crippen LogP contribution in [0.1, 0.15) is 22.5 Å². The van der Waals surface area contributed by atoms with Crippen LogP contribution in [-0.2, 0) is 28.3 Å². The van der Waals surface area contributed by atoms with E-state index in [1.54, 1.807) is 45.2 Å². The van der Waals surface area contributed by atoms with Crippen LogP contribution in [0.25, 0.3) is 0 Å². The molecule has 0 unspecified atom stereocenters. The molecule has 8 nitrogen and oxygen atoms in total. The second-order valence-corrected chi connectivity index (χ2v) is 9.72. The fraction of sp³-hybridized carbons (Fsp3) is 0.333. The van der Waals surface area contributed by atoms with E-state index in [9.17, 15) is 13.2 Å². The molecule has 0 fully saturated rings. The molecule has 1 amide bonds. The highest BCUT2D eigenvalue weighted by Gasteiger charge is 2.32. The molecule has 0 saturated carbocycles. The van der Waals surface area contributed by atoms with Crippen molar-refractivity contribution >= 4 is 21.6 Å². The zero-order valence-corrected chi connectivity index (χ0v) is 20.4. The van der Waals surface area contributed by atoms with Crippen LogP contribution in [0.15, 0.2) is 53.4 Å². The molecule has 0 spiro atoms. The average molecular weight is 471 g/mol. The summed E-state index contributed by atoms with van der Waals surface area (Å²) in [6.07, 6.45) is 0.655. The van der Waals surface area contributed by atoms with E-state index in [0.29, 0.717) is 35.8 Å². The van der Waals surface area contributed by atoms with Gasteiger partial charge in [-0.1, -0.05) is 29.8 Å². The molecule has 2 aromatic carbocycles. The van der Waals surface area contributed by atoms with Crippen molar-refractivity contribution in [2.45, 2.75) is 32.1 Å². The van der Waals surface area contributed by atoms with Gasteiger partial charge in [0.2, 0.25) is 5.91 Å². The molecule has 3 rings (SSSR count). The minimum absolute atomic E-state index is 0.105. The number of carbonyl (C=O) groups excluding carboxylic acids is 1. The van der Waals surface area contributed by atoms with Gasteiger partial charge in [-0.25, -0.2) is 8.42 Å². The van der Waals surface area contributed by atoms with E-state index >= 15 is 0 Å². The van der Waals surface area contributed by atoms with Crippen LogP contribution in [0.5, 0.6) is 5.75 Å². The number of methoxy groups -OCH3 is 1. The summed E-state index contributed by atoms with van der Waals surface area (Å²) in [7, 11) is -0.816. The second-order valence-electron chi connectivity index (χ2n) is 7.92. The molecule has 0 aliphatic rings. The minimum Gasteiger partial charge on any atom is -0.497 e. The topological polar surface area (TPSA) is 93.5 Å². The summed E-state index contributed by atoms with van der Waals surface area (Å²) < 4.78 is 35.2. The van der Waals surface area contributed by atoms with Crippen molar-refractivity contribution in [1.29, 1.82) is 0 Å². The second kappa shape index (κ2) is 10.1. The first kappa shape index (κ1) is 24.3. The van der Waals surface area contributed by atoms with Gasteiger partial charge in [-0.05, 0) is 57.0 Å². The van der Waals surface area contributed by atoms with E-state index in [1.165, 1.54) is 17.4 Å². The number of aromatic nitrogens is 2. The summed E-state index contributed by atoms with van der Waals surface area (Å²) in [5.74, 6) is 0.202. The van der Waals surface area contributed by atoms with E-state index in [1.807, 2.05) is 31.2 Å². The average Bonchev–Trinajstić information content (AvgIpc) is 3.05. The molecule has 1 aromatic heterocycles. The van der Waals surface area contributed by atoms with Gasteiger partial charge in [-0.2, -0.15) is 5.10 Å². The molecule has 0 aliphatic heterocycles. The summed E-state index contributed by atoms with van der Waals surface area (Å²) in [4.78, 5) is 12.9. The zero-order valence-electron chi connectivity index (χ0n) is 19.6. The standard InChI is InChI=1S/C24H30N4O4S/c1-17-6-8-20(9-7-17)14-15-25-23(29)16-28(21-10-12-22(32-5)13-11-21)33(30,31)24-18(2)26-27(4)19(24)3/h6-13H,14-16H2,1-5H3,(H,25,29). The number of aryl methyl sites for hydroxylation is 3. The monoisotopic (exact) mass is 470 g/mol. The van der Waals surface area contributed by atoms with Gasteiger partial charge in [-0.3, -0.25) is 13.8 Å². The molecule has 0 atom stereocenters. The van der Waals surface area contributed by atoms with Crippen molar-refractivity contribution in [3.8, 4) is 5.75 Å². The lowest BCUT2D eigenvalue weighted by Crippen LogP contribution is -2.41. The number of sulfonamides is 1. The van der Waals surface area contributed by atoms with Crippen molar-refractivity contribution in [3.05, 3.63) is 71.0 Å². The summed E-state index contributed by atoms with van der Waals surface area (Å²) in [6, 6.07) is 14.6. The highest BCUT2D eigenvalue weighted by atomic mass is 32.2. The van der Waals surface area contributed by atoms with Crippen LogP contribution in [0.2, 0.25) is 0 Å². The smallest absolute Gasteiger partial charge is 0.268 e. The summed E-state index contributed by atoms with van der Waals surface area (Å²) in [6.45, 7) is 5.42. The van der Waals surface area contributed by atoms with Gasteiger partial charge in [0, 0.05) is 13.6 Å². The highest BCUT2D eigenvalue weighted by Crippen LogP contribution is 2.28.